The first-order valence-corrected chi connectivity index (χ1v) is 38.3. The van der Waals surface area contributed by atoms with Crippen molar-refractivity contribution in [3.05, 3.63) is 170 Å². The van der Waals surface area contributed by atoms with Crippen molar-refractivity contribution in [3.63, 3.8) is 0 Å². The number of nitrogens with zero attached hydrogens (tertiary/aromatic N) is 1. The van der Waals surface area contributed by atoms with E-state index in [4.69, 9.17) is 18.9 Å². The minimum absolute atomic E-state index is 0.180. The Kier molecular flexibility index (Phi) is 70.2. The molecular weight excluding hydrogens is 1170 g/mol. The summed E-state index contributed by atoms with van der Waals surface area (Å²) in [6, 6.07) is 0. The minimum Gasteiger partial charge on any atom is -0.477 e. The Hall–Kier alpha value is -5.35. The Morgan fingerprint density at radius 3 is 0.842 bits per heavy atom. The summed E-state index contributed by atoms with van der Waals surface area (Å²) < 4.78 is 23.0. The number of esters is 2. The SMILES string of the molecule is CC/C=C\C/C=C\C/C=C\C/C=C\C/C=C\C/C=C\C/C=C\CCCCCCCCCCCCCCCCCC(=O)OC(COC(=O)CCCCCCCCCCCCC/C=C\C/C=C\C/C=C\C/C=C\C/C=C\C/C=C\C/C=C\CC)COC(OCC[N+](C)(C)C)C(=O)O. The highest BCUT2D eigenvalue weighted by Gasteiger charge is 2.25. The van der Waals surface area contributed by atoms with Crippen molar-refractivity contribution in [3.8, 4) is 0 Å². The Morgan fingerprint density at radius 2 is 0.568 bits per heavy atom. The quantitative estimate of drug-likeness (QED) is 0.0211. The molecule has 0 saturated heterocycles. The van der Waals surface area contributed by atoms with Crippen LogP contribution in [0.1, 0.15) is 296 Å². The fraction of sp³-hybridized carbons (Fsp3) is 0.640. The smallest absolute Gasteiger partial charge is 0.361 e. The Labute approximate surface area is 584 Å². The summed E-state index contributed by atoms with van der Waals surface area (Å²) >= 11 is 0. The van der Waals surface area contributed by atoms with Gasteiger partial charge in [0, 0.05) is 12.8 Å². The Balaban J connectivity index is 4.11. The molecule has 0 aromatic rings. The molecular formula is C86H142NO8+. The summed E-state index contributed by atoms with van der Waals surface area (Å²) in [6.07, 6.45) is 109. The van der Waals surface area contributed by atoms with Gasteiger partial charge in [0.25, 0.3) is 6.29 Å². The summed E-state index contributed by atoms with van der Waals surface area (Å²) in [5.74, 6) is -2.01. The number of hydrogen-bond acceptors (Lipinski definition) is 7. The first kappa shape index (κ1) is 89.6. The van der Waals surface area contributed by atoms with Crippen molar-refractivity contribution >= 4 is 17.9 Å². The van der Waals surface area contributed by atoms with Crippen LogP contribution in [0.15, 0.2) is 170 Å². The third-order valence-electron chi connectivity index (χ3n) is 16.0. The van der Waals surface area contributed by atoms with E-state index in [0.29, 0.717) is 23.9 Å². The van der Waals surface area contributed by atoms with E-state index in [-0.39, 0.29) is 32.2 Å². The van der Waals surface area contributed by atoms with Crippen LogP contribution in [-0.2, 0) is 33.3 Å². The molecule has 0 bridgehead atoms. The zero-order valence-corrected chi connectivity index (χ0v) is 61.5. The maximum Gasteiger partial charge on any atom is 0.361 e. The van der Waals surface area contributed by atoms with Gasteiger partial charge in [0.15, 0.2) is 6.10 Å². The van der Waals surface area contributed by atoms with Crippen LogP contribution in [0.3, 0.4) is 0 Å². The van der Waals surface area contributed by atoms with Gasteiger partial charge in [-0.2, -0.15) is 0 Å². The average molecular weight is 1320 g/mol. The summed E-state index contributed by atoms with van der Waals surface area (Å²) in [5.41, 5.74) is 0. The monoisotopic (exact) mass is 1320 g/mol. The number of carboxylic acid groups (broad SMARTS) is 1. The molecule has 0 aliphatic carbocycles. The van der Waals surface area contributed by atoms with E-state index in [9.17, 15) is 19.5 Å². The predicted octanol–water partition coefficient (Wildman–Crippen LogP) is 24.6. The number of allylic oxidation sites excluding steroid dienone is 28. The van der Waals surface area contributed by atoms with Gasteiger partial charge >= 0.3 is 17.9 Å². The number of rotatable bonds is 69. The molecule has 95 heavy (non-hydrogen) atoms. The second-order valence-corrected chi connectivity index (χ2v) is 26.2. The zero-order valence-electron chi connectivity index (χ0n) is 61.5. The van der Waals surface area contributed by atoms with Crippen molar-refractivity contribution in [2.75, 3.05) is 47.5 Å². The van der Waals surface area contributed by atoms with Crippen molar-refractivity contribution in [2.24, 2.45) is 0 Å². The predicted molar refractivity (Wildman–Crippen MR) is 410 cm³/mol. The molecule has 538 valence electrons. The molecule has 0 aliphatic rings. The van der Waals surface area contributed by atoms with Gasteiger partial charge in [-0.15, -0.1) is 0 Å². The molecule has 1 N–H and O–H groups in total. The van der Waals surface area contributed by atoms with Gasteiger partial charge in [-0.05, 0) is 128 Å². The van der Waals surface area contributed by atoms with Gasteiger partial charge in [0.1, 0.15) is 13.2 Å². The molecule has 0 amide bonds. The molecule has 0 radical (unpaired) electrons. The Morgan fingerprint density at radius 1 is 0.316 bits per heavy atom. The number of ether oxygens (including phenoxy) is 4. The molecule has 9 nitrogen and oxygen atoms in total. The maximum absolute atomic E-state index is 13.0. The van der Waals surface area contributed by atoms with Crippen LogP contribution >= 0.6 is 0 Å². The second-order valence-electron chi connectivity index (χ2n) is 26.2. The van der Waals surface area contributed by atoms with Gasteiger partial charge in [-0.1, -0.05) is 325 Å². The first-order valence-electron chi connectivity index (χ1n) is 38.3. The van der Waals surface area contributed by atoms with Crippen LogP contribution in [0.5, 0.6) is 0 Å². The lowest BCUT2D eigenvalue weighted by Gasteiger charge is -2.25. The molecule has 0 fully saturated rings. The van der Waals surface area contributed by atoms with E-state index in [1.807, 2.05) is 21.1 Å². The molecule has 0 rings (SSSR count). The van der Waals surface area contributed by atoms with E-state index < -0.39 is 24.3 Å². The van der Waals surface area contributed by atoms with Crippen LogP contribution in [0.25, 0.3) is 0 Å². The van der Waals surface area contributed by atoms with Crippen LogP contribution in [0, 0.1) is 0 Å². The lowest BCUT2D eigenvalue weighted by molar-refractivity contribution is -0.870. The minimum atomic E-state index is -1.52. The Bertz CT molecular complexity index is 2170. The number of carboxylic acids is 1. The maximum atomic E-state index is 13.0. The largest absolute Gasteiger partial charge is 0.477 e. The standard InChI is InChI=1S/C86H141NO8/c1-6-8-10-12-14-16-18-20-22-24-26-28-30-32-34-36-38-40-41-42-43-45-47-49-51-53-55-57-59-61-63-65-67-69-71-73-75-77-84(89)95-82(81-94-86(85(90)91)92-79-78-87(3,4)5)80-93-83(88)76-74-72-70-68-66-64-62-60-58-56-54-52-50-48-46-44-39-37-35-33-31-29-27-25-23-21-19-17-15-13-11-9-7-2/h8-11,14-17,20-23,26-29,32-35,38-40,42-44,48,50,82,86H,6-7,12-13,18-19,24-25,30-31,36-37,41,45-47,49,51-81H2,1-5H3/p+1/b10-8-,11-9-,16-14-,17-15-,22-20-,23-21-,28-26-,29-27-,34-32-,35-33-,40-38-,43-42-,44-39-,50-48-. The number of likely N-dealkylation sites (N-methyl/N-ethyl adjacent to an activating group) is 1. The normalized spacial score (nSPS) is 13.7. The molecule has 9 heteroatoms. The fourth-order valence-corrected chi connectivity index (χ4v) is 10.2. The number of hydrogen-bond donors (Lipinski definition) is 1. The van der Waals surface area contributed by atoms with Crippen molar-refractivity contribution < 1.29 is 42.9 Å². The number of carbonyl (C=O) groups excluding carboxylic acids is 2. The summed E-state index contributed by atoms with van der Waals surface area (Å²) in [4.78, 5) is 37.7. The number of unbranched alkanes of at least 4 members (excludes halogenated alkanes) is 26. The van der Waals surface area contributed by atoms with Crippen molar-refractivity contribution in [1.82, 2.24) is 0 Å². The summed E-state index contributed by atoms with van der Waals surface area (Å²) in [5, 5.41) is 9.77. The second kappa shape index (κ2) is 74.4. The number of carbonyl (C=O) groups is 3. The average Bonchev–Trinajstić information content (AvgIpc) is 3.75. The van der Waals surface area contributed by atoms with Gasteiger partial charge < -0.3 is 28.5 Å². The van der Waals surface area contributed by atoms with Gasteiger partial charge in [-0.3, -0.25) is 9.59 Å². The first-order chi connectivity index (χ1) is 46.6. The molecule has 0 aromatic carbocycles. The lowest BCUT2D eigenvalue weighted by atomic mass is 10.0. The highest BCUT2D eigenvalue weighted by molar-refractivity contribution is 5.71. The van der Waals surface area contributed by atoms with Crippen LogP contribution < -0.4 is 0 Å². The van der Waals surface area contributed by atoms with E-state index in [1.165, 1.54) is 128 Å². The van der Waals surface area contributed by atoms with E-state index in [0.717, 1.165) is 135 Å². The molecule has 0 spiro atoms. The van der Waals surface area contributed by atoms with Gasteiger partial charge in [-0.25, -0.2) is 4.79 Å². The molecule has 0 heterocycles. The molecule has 0 saturated carbocycles. The van der Waals surface area contributed by atoms with E-state index in [1.54, 1.807) is 0 Å². The molecule has 2 atom stereocenters. The highest BCUT2D eigenvalue weighted by atomic mass is 16.7. The lowest BCUT2D eigenvalue weighted by Crippen LogP contribution is -2.40. The fourth-order valence-electron chi connectivity index (χ4n) is 10.2. The number of quaternary nitrogens is 1. The van der Waals surface area contributed by atoms with Crippen LogP contribution in [0.4, 0.5) is 0 Å². The van der Waals surface area contributed by atoms with Crippen molar-refractivity contribution in [2.45, 2.75) is 309 Å². The molecule has 0 aromatic heterocycles. The summed E-state index contributed by atoms with van der Waals surface area (Å²) in [7, 11) is 5.98. The highest BCUT2D eigenvalue weighted by Crippen LogP contribution is 2.17. The van der Waals surface area contributed by atoms with Crippen LogP contribution in [-0.4, -0.2) is 87.4 Å². The van der Waals surface area contributed by atoms with Crippen molar-refractivity contribution in [1.29, 1.82) is 0 Å². The third-order valence-corrected chi connectivity index (χ3v) is 16.0. The number of aliphatic carboxylic acids is 1. The zero-order chi connectivity index (χ0) is 69.0. The van der Waals surface area contributed by atoms with Gasteiger partial charge in [0.05, 0.1) is 34.4 Å². The molecule has 2 unspecified atom stereocenters. The van der Waals surface area contributed by atoms with Crippen LogP contribution in [0.2, 0.25) is 0 Å². The van der Waals surface area contributed by atoms with E-state index >= 15 is 0 Å². The summed E-state index contributed by atoms with van der Waals surface area (Å²) in [6.45, 7) is 4.65. The van der Waals surface area contributed by atoms with E-state index in [2.05, 4.69) is 184 Å². The third kappa shape index (κ3) is 75.9. The topological polar surface area (TPSA) is 108 Å². The van der Waals surface area contributed by atoms with Gasteiger partial charge in [0.2, 0.25) is 0 Å². The molecule has 0 aliphatic heterocycles.